The third-order valence-electron chi connectivity index (χ3n) is 4.92. The number of hydrogen-bond donors (Lipinski definition) is 0. The van der Waals surface area contributed by atoms with E-state index in [1.807, 2.05) is 0 Å². The van der Waals surface area contributed by atoms with E-state index in [4.69, 9.17) is 28.4 Å². The standard InChI is InChI=1S/C21H26O8/c1-11(2)7-17(22)28-18(12(3)27-20(23)21(5)13(4)29-21)14-8-15(24-6)19-16(9-14)25-10-26-19/h7-9,12-13,18H,10H2,1-6H3/t12-,13+,18-,21+/m0/s1. The van der Waals surface area contributed by atoms with Gasteiger partial charge in [0.1, 0.15) is 6.10 Å². The number of epoxide rings is 1. The molecule has 0 spiro atoms. The topological polar surface area (TPSA) is 92.8 Å². The Kier molecular flexibility index (Phi) is 5.75. The van der Waals surface area contributed by atoms with Crippen molar-refractivity contribution in [2.24, 2.45) is 0 Å². The molecule has 8 nitrogen and oxygen atoms in total. The molecule has 1 fully saturated rings. The lowest BCUT2D eigenvalue weighted by atomic mass is 10.0. The molecule has 0 N–H and O–H groups in total. The van der Waals surface area contributed by atoms with Crippen molar-refractivity contribution in [3.8, 4) is 17.2 Å². The molecule has 2 aliphatic rings. The van der Waals surface area contributed by atoms with E-state index in [0.717, 1.165) is 5.57 Å². The lowest BCUT2D eigenvalue weighted by Gasteiger charge is -2.25. The zero-order valence-electron chi connectivity index (χ0n) is 17.4. The zero-order chi connectivity index (χ0) is 21.3. The number of hydrogen-bond acceptors (Lipinski definition) is 8. The zero-order valence-corrected chi connectivity index (χ0v) is 17.4. The summed E-state index contributed by atoms with van der Waals surface area (Å²) in [6, 6.07) is 3.36. The van der Waals surface area contributed by atoms with Gasteiger partial charge in [0.05, 0.1) is 13.2 Å². The maximum absolute atomic E-state index is 12.5. The van der Waals surface area contributed by atoms with Gasteiger partial charge in [0.25, 0.3) is 0 Å². The summed E-state index contributed by atoms with van der Waals surface area (Å²) in [4.78, 5) is 24.8. The van der Waals surface area contributed by atoms with Crippen LogP contribution in [0.3, 0.4) is 0 Å². The molecule has 0 bridgehead atoms. The number of fused-ring (bicyclic) bond motifs is 1. The minimum Gasteiger partial charge on any atom is -0.493 e. The van der Waals surface area contributed by atoms with Crippen molar-refractivity contribution in [1.82, 2.24) is 0 Å². The van der Waals surface area contributed by atoms with Gasteiger partial charge >= 0.3 is 11.9 Å². The molecule has 158 valence electrons. The van der Waals surface area contributed by atoms with Crippen molar-refractivity contribution in [2.45, 2.75) is 58.5 Å². The van der Waals surface area contributed by atoms with E-state index >= 15 is 0 Å². The van der Waals surface area contributed by atoms with Gasteiger partial charge in [0.2, 0.25) is 12.5 Å². The summed E-state index contributed by atoms with van der Waals surface area (Å²) in [5.74, 6) is 0.323. The third kappa shape index (κ3) is 4.32. The number of ether oxygens (including phenoxy) is 6. The molecule has 0 amide bonds. The van der Waals surface area contributed by atoms with E-state index in [0.29, 0.717) is 22.8 Å². The second kappa shape index (κ2) is 7.94. The first kappa shape index (κ1) is 21.0. The van der Waals surface area contributed by atoms with Crippen LogP contribution in [-0.2, 0) is 23.8 Å². The smallest absolute Gasteiger partial charge is 0.341 e. The monoisotopic (exact) mass is 406 g/mol. The molecule has 1 aromatic rings. The fourth-order valence-corrected chi connectivity index (χ4v) is 3.04. The van der Waals surface area contributed by atoms with E-state index in [1.165, 1.54) is 13.2 Å². The molecule has 8 heteroatoms. The highest BCUT2D eigenvalue weighted by Gasteiger charge is 2.57. The fraction of sp³-hybridized carbons (Fsp3) is 0.524. The second-order valence-corrected chi connectivity index (χ2v) is 7.51. The Morgan fingerprint density at radius 3 is 2.52 bits per heavy atom. The van der Waals surface area contributed by atoms with E-state index in [-0.39, 0.29) is 12.9 Å². The van der Waals surface area contributed by atoms with Gasteiger partial charge in [-0.2, -0.15) is 0 Å². The summed E-state index contributed by atoms with van der Waals surface area (Å²) < 4.78 is 32.8. The molecule has 4 atom stereocenters. The highest BCUT2D eigenvalue weighted by Crippen LogP contribution is 2.44. The predicted molar refractivity (Wildman–Crippen MR) is 102 cm³/mol. The van der Waals surface area contributed by atoms with Gasteiger partial charge in [-0.1, -0.05) is 5.57 Å². The Hall–Kier alpha value is -2.74. The average molecular weight is 406 g/mol. The van der Waals surface area contributed by atoms with Crippen LogP contribution in [0.25, 0.3) is 0 Å². The van der Waals surface area contributed by atoms with Crippen LogP contribution in [0, 0.1) is 0 Å². The molecule has 0 radical (unpaired) electrons. The first-order valence-corrected chi connectivity index (χ1v) is 9.37. The number of carbonyl (C=O) groups is 2. The van der Waals surface area contributed by atoms with Crippen LogP contribution in [0.15, 0.2) is 23.8 Å². The lowest BCUT2D eigenvalue weighted by molar-refractivity contribution is -0.168. The van der Waals surface area contributed by atoms with Gasteiger partial charge in [-0.25, -0.2) is 9.59 Å². The van der Waals surface area contributed by atoms with Gasteiger partial charge in [0.15, 0.2) is 23.2 Å². The third-order valence-corrected chi connectivity index (χ3v) is 4.92. The van der Waals surface area contributed by atoms with E-state index < -0.39 is 29.7 Å². The first-order valence-electron chi connectivity index (χ1n) is 9.37. The normalized spacial score (nSPS) is 23.6. The maximum atomic E-state index is 12.5. The Balaban J connectivity index is 1.90. The molecule has 2 heterocycles. The minimum absolute atomic E-state index is 0.0650. The van der Waals surface area contributed by atoms with Crippen LogP contribution in [0.5, 0.6) is 17.2 Å². The molecule has 3 rings (SSSR count). The Bertz CT molecular complexity index is 841. The van der Waals surface area contributed by atoms with Crippen LogP contribution in [0.2, 0.25) is 0 Å². The van der Waals surface area contributed by atoms with Crippen LogP contribution in [0.1, 0.15) is 46.3 Å². The fourth-order valence-electron chi connectivity index (χ4n) is 3.04. The van der Waals surface area contributed by atoms with Gasteiger partial charge in [-0.05, 0) is 46.8 Å². The van der Waals surface area contributed by atoms with E-state index in [2.05, 4.69) is 0 Å². The minimum atomic E-state index is -0.977. The Morgan fingerprint density at radius 2 is 1.93 bits per heavy atom. The highest BCUT2D eigenvalue weighted by atomic mass is 16.7. The highest BCUT2D eigenvalue weighted by molar-refractivity contribution is 5.84. The lowest BCUT2D eigenvalue weighted by Crippen LogP contribution is -2.33. The number of methoxy groups -OCH3 is 1. The molecule has 1 saturated heterocycles. The number of carbonyl (C=O) groups excluding carboxylic acids is 2. The van der Waals surface area contributed by atoms with Crippen molar-refractivity contribution < 1.29 is 38.0 Å². The van der Waals surface area contributed by atoms with E-state index in [9.17, 15) is 9.59 Å². The van der Waals surface area contributed by atoms with Crippen molar-refractivity contribution >= 4 is 11.9 Å². The van der Waals surface area contributed by atoms with Crippen LogP contribution in [-0.4, -0.2) is 43.7 Å². The van der Waals surface area contributed by atoms with Gasteiger partial charge in [-0.3, -0.25) is 0 Å². The van der Waals surface area contributed by atoms with Crippen molar-refractivity contribution in [2.75, 3.05) is 13.9 Å². The predicted octanol–water partition coefficient (Wildman–Crippen LogP) is 3.08. The van der Waals surface area contributed by atoms with Crippen LogP contribution >= 0.6 is 0 Å². The maximum Gasteiger partial charge on any atom is 0.341 e. The first-order chi connectivity index (χ1) is 13.7. The van der Waals surface area contributed by atoms with Crippen LogP contribution < -0.4 is 14.2 Å². The van der Waals surface area contributed by atoms with Crippen LogP contribution in [0.4, 0.5) is 0 Å². The van der Waals surface area contributed by atoms with Crippen molar-refractivity contribution in [3.05, 3.63) is 29.3 Å². The summed E-state index contributed by atoms with van der Waals surface area (Å²) in [7, 11) is 1.50. The van der Waals surface area contributed by atoms with E-state index in [1.54, 1.807) is 46.8 Å². The number of allylic oxidation sites excluding steroid dienone is 1. The number of rotatable bonds is 7. The van der Waals surface area contributed by atoms with Gasteiger partial charge in [-0.15, -0.1) is 0 Å². The molecule has 0 aliphatic carbocycles. The van der Waals surface area contributed by atoms with Gasteiger partial charge in [0, 0.05) is 11.6 Å². The Morgan fingerprint density at radius 1 is 1.24 bits per heavy atom. The Labute approximate surface area is 169 Å². The molecule has 0 saturated carbocycles. The van der Waals surface area contributed by atoms with Crippen molar-refractivity contribution in [1.29, 1.82) is 0 Å². The molecule has 2 aliphatic heterocycles. The molecule has 1 aromatic carbocycles. The molecular weight excluding hydrogens is 380 g/mol. The number of benzene rings is 1. The average Bonchev–Trinajstić information content (AvgIpc) is 3.05. The van der Waals surface area contributed by atoms with Crippen molar-refractivity contribution in [3.63, 3.8) is 0 Å². The summed E-state index contributed by atoms with van der Waals surface area (Å²) in [5.41, 5.74) is 0.362. The van der Waals surface area contributed by atoms with Gasteiger partial charge < -0.3 is 28.4 Å². The largest absolute Gasteiger partial charge is 0.493 e. The summed E-state index contributed by atoms with van der Waals surface area (Å²) in [6.45, 7) is 8.76. The molecule has 0 unspecified atom stereocenters. The SMILES string of the molecule is COc1cc([C@@H](OC(=O)C=C(C)C)[C@H](C)OC(=O)[C@]2(C)O[C@@H]2C)cc2c1OCO2. The second-order valence-electron chi connectivity index (χ2n) is 7.51. The quantitative estimate of drug-likeness (QED) is 0.387. The molecule has 29 heavy (non-hydrogen) atoms. The summed E-state index contributed by atoms with van der Waals surface area (Å²) >= 11 is 0. The summed E-state index contributed by atoms with van der Waals surface area (Å²) in [6.07, 6.45) is -0.517. The molecular formula is C21H26O8. The number of esters is 2. The molecule has 0 aromatic heterocycles. The summed E-state index contributed by atoms with van der Waals surface area (Å²) in [5, 5.41) is 0.